The van der Waals surface area contributed by atoms with Gasteiger partial charge in [-0.15, -0.1) is 0 Å². The number of hydrogen-bond acceptors (Lipinski definition) is 5. The van der Waals surface area contributed by atoms with Gasteiger partial charge in [0.1, 0.15) is 0 Å². The number of aromatic nitrogens is 2. The van der Waals surface area contributed by atoms with Crippen molar-refractivity contribution in [1.82, 2.24) is 9.38 Å². The van der Waals surface area contributed by atoms with Crippen molar-refractivity contribution in [2.45, 2.75) is 6.54 Å². The van der Waals surface area contributed by atoms with Crippen LogP contribution in [-0.2, 0) is 6.54 Å². The molecule has 0 aliphatic rings. The third-order valence-electron chi connectivity index (χ3n) is 3.66. The average Bonchev–Trinajstić information content (AvgIpc) is 2.95. The number of pyridine rings is 1. The number of fused-ring (bicyclic) bond motifs is 1. The molecule has 24 heavy (non-hydrogen) atoms. The van der Waals surface area contributed by atoms with E-state index in [1.807, 2.05) is 0 Å². The highest BCUT2D eigenvalue weighted by molar-refractivity contribution is 5.63. The molecular weight excluding hydrogens is 315 g/mol. The maximum Gasteiger partial charge on any atom is 0.372 e. The van der Waals surface area contributed by atoms with E-state index in [9.17, 15) is 14.5 Å². The van der Waals surface area contributed by atoms with E-state index in [-0.39, 0.29) is 23.9 Å². The molecule has 0 unspecified atom stereocenters. The first kappa shape index (κ1) is 15.7. The number of ether oxygens (including phenoxy) is 1. The predicted octanol–water partition coefficient (Wildman–Crippen LogP) is 3.03. The maximum absolute atomic E-state index is 13.8. The van der Waals surface area contributed by atoms with Gasteiger partial charge >= 0.3 is 5.82 Å². The Bertz CT molecular complexity index is 909. The van der Waals surface area contributed by atoms with Gasteiger partial charge in [-0.3, -0.25) is 0 Å². The number of hydrogen-bond donors (Lipinski definition) is 0. The van der Waals surface area contributed by atoms with E-state index < -0.39 is 10.7 Å². The Morgan fingerprint density at radius 3 is 2.83 bits per heavy atom. The average molecular weight is 330 g/mol. The molecule has 8 heteroatoms. The van der Waals surface area contributed by atoms with E-state index in [0.29, 0.717) is 11.2 Å². The van der Waals surface area contributed by atoms with Crippen molar-refractivity contribution in [3.05, 3.63) is 64.1 Å². The summed E-state index contributed by atoms with van der Waals surface area (Å²) in [5.41, 5.74) is 1.13. The van der Waals surface area contributed by atoms with Crippen LogP contribution in [0.15, 0.2) is 42.6 Å². The lowest BCUT2D eigenvalue weighted by molar-refractivity contribution is -0.389. The number of anilines is 1. The lowest BCUT2D eigenvalue weighted by atomic mass is 10.2. The summed E-state index contributed by atoms with van der Waals surface area (Å²) in [5.74, 6) is -0.225. The van der Waals surface area contributed by atoms with Crippen LogP contribution in [0.3, 0.4) is 0 Å². The molecule has 0 spiro atoms. The summed E-state index contributed by atoms with van der Waals surface area (Å²) in [4.78, 5) is 16.9. The van der Waals surface area contributed by atoms with Crippen LogP contribution in [0, 0.1) is 15.9 Å². The molecule has 0 aliphatic heterocycles. The molecule has 1 aromatic carbocycles. The summed E-state index contributed by atoms with van der Waals surface area (Å²) in [5, 5.41) is 11.4. The van der Waals surface area contributed by atoms with Crippen molar-refractivity contribution in [3.8, 4) is 5.75 Å². The Kier molecular flexibility index (Phi) is 4.03. The van der Waals surface area contributed by atoms with E-state index in [1.165, 1.54) is 23.6 Å². The number of imidazole rings is 1. The quantitative estimate of drug-likeness (QED) is 0.531. The second-order valence-electron chi connectivity index (χ2n) is 5.27. The number of halogens is 1. The molecule has 7 nitrogen and oxygen atoms in total. The van der Waals surface area contributed by atoms with Crippen LogP contribution in [0.5, 0.6) is 5.75 Å². The van der Waals surface area contributed by atoms with E-state index in [0.717, 1.165) is 0 Å². The Balaban J connectivity index is 1.96. The molecule has 0 saturated carbocycles. The Hall–Kier alpha value is -3.16. The van der Waals surface area contributed by atoms with Gasteiger partial charge in [0.25, 0.3) is 0 Å². The zero-order valence-electron chi connectivity index (χ0n) is 13.1. The Morgan fingerprint density at radius 2 is 2.17 bits per heavy atom. The number of nitro groups is 1. The summed E-state index contributed by atoms with van der Waals surface area (Å²) in [6.07, 6.45) is 1.59. The van der Waals surface area contributed by atoms with Crippen LogP contribution >= 0.6 is 0 Å². The van der Waals surface area contributed by atoms with Crippen LogP contribution in [0.1, 0.15) is 5.56 Å². The highest BCUT2D eigenvalue weighted by Gasteiger charge is 2.25. The number of methoxy groups -OCH3 is 1. The van der Waals surface area contributed by atoms with Gasteiger partial charge in [0.15, 0.2) is 11.6 Å². The van der Waals surface area contributed by atoms with Crippen LogP contribution in [0.25, 0.3) is 5.65 Å². The smallest absolute Gasteiger partial charge is 0.372 e. The fourth-order valence-electron chi connectivity index (χ4n) is 2.55. The van der Waals surface area contributed by atoms with Crippen molar-refractivity contribution in [2.75, 3.05) is 19.1 Å². The van der Waals surface area contributed by atoms with E-state index in [2.05, 4.69) is 4.98 Å². The van der Waals surface area contributed by atoms with Gasteiger partial charge < -0.3 is 19.8 Å². The molecule has 2 aromatic heterocycles. The summed E-state index contributed by atoms with van der Waals surface area (Å²) < 4.78 is 20.1. The van der Waals surface area contributed by atoms with Gasteiger partial charge in [0.05, 0.1) is 13.3 Å². The minimum absolute atomic E-state index is 0.123. The molecular formula is C16H15FN4O3. The lowest BCUT2D eigenvalue weighted by Crippen LogP contribution is -2.18. The summed E-state index contributed by atoms with van der Waals surface area (Å²) in [7, 11) is 3.07. The van der Waals surface area contributed by atoms with Crippen molar-refractivity contribution in [1.29, 1.82) is 0 Å². The Labute approximate surface area is 137 Å². The highest BCUT2D eigenvalue weighted by atomic mass is 19.1. The predicted molar refractivity (Wildman–Crippen MR) is 86.9 cm³/mol. The van der Waals surface area contributed by atoms with Gasteiger partial charge in [-0.25, -0.2) is 4.39 Å². The van der Waals surface area contributed by atoms with Crippen molar-refractivity contribution >= 4 is 17.3 Å². The first-order chi connectivity index (χ1) is 11.5. The molecule has 0 atom stereocenters. The molecule has 3 aromatic rings. The van der Waals surface area contributed by atoms with Gasteiger partial charge in [-0.05, 0) is 28.7 Å². The van der Waals surface area contributed by atoms with Crippen LogP contribution in [0.2, 0.25) is 0 Å². The first-order valence-corrected chi connectivity index (χ1v) is 7.16. The molecule has 0 amide bonds. The monoisotopic (exact) mass is 330 g/mol. The zero-order chi connectivity index (χ0) is 17.3. The molecule has 124 valence electrons. The number of rotatable bonds is 5. The second-order valence-corrected chi connectivity index (χ2v) is 5.27. The van der Waals surface area contributed by atoms with E-state index in [4.69, 9.17) is 4.74 Å². The van der Waals surface area contributed by atoms with Gasteiger partial charge in [-0.2, -0.15) is 9.38 Å². The van der Waals surface area contributed by atoms with Crippen molar-refractivity contribution in [2.24, 2.45) is 0 Å². The summed E-state index contributed by atoms with van der Waals surface area (Å²) in [6, 6.07) is 9.73. The molecule has 0 radical (unpaired) electrons. The fraction of sp³-hybridized carbons (Fsp3) is 0.188. The molecule has 0 aliphatic carbocycles. The van der Waals surface area contributed by atoms with Crippen LogP contribution in [0.4, 0.5) is 16.0 Å². The first-order valence-electron chi connectivity index (χ1n) is 7.16. The largest absolute Gasteiger partial charge is 0.494 e. The van der Waals surface area contributed by atoms with Crippen LogP contribution < -0.4 is 9.64 Å². The Morgan fingerprint density at radius 1 is 1.38 bits per heavy atom. The third-order valence-corrected chi connectivity index (χ3v) is 3.66. The third kappa shape index (κ3) is 2.73. The maximum atomic E-state index is 13.8. The minimum Gasteiger partial charge on any atom is -0.494 e. The van der Waals surface area contributed by atoms with Crippen molar-refractivity contribution < 1.29 is 14.1 Å². The van der Waals surface area contributed by atoms with Gasteiger partial charge in [-0.1, -0.05) is 12.1 Å². The van der Waals surface area contributed by atoms with Crippen LogP contribution in [-0.4, -0.2) is 28.5 Å². The lowest BCUT2D eigenvalue weighted by Gasteiger charge is -2.16. The molecule has 2 heterocycles. The summed E-state index contributed by atoms with van der Waals surface area (Å²) in [6.45, 7) is 0.269. The SMILES string of the molecule is COc1ccc(CN(C)c2nc3ccccn3c2[N+](=O)[O-])cc1F. The van der Waals surface area contributed by atoms with Crippen molar-refractivity contribution in [3.63, 3.8) is 0 Å². The zero-order valence-corrected chi connectivity index (χ0v) is 13.1. The molecule has 0 bridgehead atoms. The topological polar surface area (TPSA) is 72.9 Å². The summed E-state index contributed by atoms with van der Waals surface area (Å²) >= 11 is 0. The molecule has 0 N–H and O–H groups in total. The number of nitrogens with zero attached hydrogens (tertiary/aromatic N) is 4. The number of benzene rings is 1. The van der Waals surface area contributed by atoms with Gasteiger partial charge in [0, 0.05) is 19.7 Å². The molecule has 0 saturated heterocycles. The molecule has 0 fully saturated rings. The highest BCUT2D eigenvalue weighted by Crippen LogP contribution is 2.29. The molecule has 3 rings (SSSR count). The van der Waals surface area contributed by atoms with Gasteiger partial charge in [0.2, 0.25) is 11.5 Å². The second kappa shape index (κ2) is 6.15. The minimum atomic E-state index is -0.479. The fourth-order valence-corrected chi connectivity index (χ4v) is 2.55. The standard InChI is InChI=1S/C16H15FN4O3/c1-19(10-11-6-7-13(24-2)12(17)9-11)15-16(21(22)23)20-8-4-3-5-14(20)18-15/h3-9H,10H2,1-2H3. The normalized spacial score (nSPS) is 10.8. The van der Waals surface area contributed by atoms with E-state index >= 15 is 0 Å². The van der Waals surface area contributed by atoms with E-state index in [1.54, 1.807) is 42.4 Å².